The number of rotatable bonds is 1. The summed E-state index contributed by atoms with van der Waals surface area (Å²) in [7, 11) is 0. The second-order valence-electron chi connectivity index (χ2n) is 4.02. The molecule has 0 saturated heterocycles. The van der Waals surface area contributed by atoms with E-state index >= 15 is 0 Å². The number of fused-ring (bicyclic) bond motifs is 1. The summed E-state index contributed by atoms with van der Waals surface area (Å²) in [6, 6.07) is 6.56. The summed E-state index contributed by atoms with van der Waals surface area (Å²) in [5, 5.41) is 0. The van der Waals surface area contributed by atoms with Gasteiger partial charge in [-0.05, 0) is 36.6 Å². The largest absolute Gasteiger partial charge is 0.306 e. The molecule has 0 atom stereocenters. The van der Waals surface area contributed by atoms with Crippen molar-refractivity contribution in [1.29, 1.82) is 0 Å². The van der Waals surface area contributed by atoms with E-state index in [1.165, 1.54) is 22.4 Å². The zero-order valence-electron chi connectivity index (χ0n) is 8.64. The number of benzene rings is 1. The molecule has 2 nitrogen and oxygen atoms in total. The first-order chi connectivity index (χ1) is 7.33. The first-order valence-corrected chi connectivity index (χ1v) is 5.11. The van der Waals surface area contributed by atoms with E-state index in [2.05, 4.69) is 36.2 Å². The fraction of sp³-hybridized carbons (Fsp3) is 0.154. The van der Waals surface area contributed by atoms with Crippen LogP contribution in [0.3, 0.4) is 0 Å². The van der Waals surface area contributed by atoms with E-state index in [-0.39, 0.29) is 0 Å². The van der Waals surface area contributed by atoms with Crippen LogP contribution < -0.4 is 0 Å². The molecule has 0 radical (unpaired) electrons. The highest BCUT2D eigenvalue weighted by Crippen LogP contribution is 2.26. The SMILES string of the molecule is CC1=Cc2ccc(-n3ccnc3)cc2C1. The summed E-state index contributed by atoms with van der Waals surface area (Å²) < 4.78 is 2.04. The minimum atomic E-state index is 1.08. The Morgan fingerprint density at radius 3 is 3.07 bits per heavy atom. The Kier molecular flexibility index (Phi) is 1.75. The molecule has 0 fully saturated rings. The van der Waals surface area contributed by atoms with Gasteiger partial charge in [-0.15, -0.1) is 0 Å². The molecule has 1 aliphatic rings. The number of nitrogens with zero attached hydrogens (tertiary/aromatic N) is 2. The van der Waals surface area contributed by atoms with Crippen LogP contribution in [0.5, 0.6) is 0 Å². The highest BCUT2D eigenvalue weighted by atomic mass is 15.0. The van der Waals surface area contributed by atoms with Gasteiger partial charge in [0, 0.05) is 18.1 Å². The van der Waals surface area contributed by atoms with Gasteiger partial charge in [0.25, 0.3) is 0 Å². The molecule has 1 aromatic heterocycles. The van der Waals surface area contributed by atoms with Gasteiger partial charge in [-0.1, -0.05) is 17.7 Å². The predicted octanol–water partition coefficient (Wildman–Crippen LogP) is 2.83. The number of hydrogen-bond donors (Lipinski definition) is 0. The maximum atomic E-state index is 4.06. The van der Waals surface area contributed by atoms with Crippen molar-refractivity contribution >= 4 is 6.08 Å². The zero-order chi connectivity index (χ0) is 10.3. The van der Waals surface area contributed by atoms with Gasteiger partial charge < -0.3 is 4.57 Å². The molecule has 0 aliphatic heterocycles. The first kappa shape index (κ1) is 8.48. The molecule has 74 valence electrons. The van der Waals surface area contributed by atoms with E-state index in [0.717, 1.165) is 6.42 Å². The van der Waals surface area contributed by atoms with Crippen LogP contribution in [0.1, 0.15) is 18.1 Å². The van der Waals surface area contributed by atoms with E-state index in [1.54, 1.807) is 6.20 Å². The lowest BCUT2D eigenvalue weighted by Gasteiger charge is -2.05. The van der Waals surface area contributed by atoms with Gasteiger partial charge in [-0.25, -0.2) is 4.98 Å². The summed E-state index contributed by atoms with van der Waals surface area (Å²) in [5.74, 6) is 0. The van der Waals surface area contributed by atoms with Crippen molar-refractivity contribution in [3.05, 3.63) is 53.6 Å². The summed E-state index contributed by atoms with van der Waals surface area (Å²) in [4.78, 5) is 4.06. The van der Waals surface area contributed by atoms with Gasteiger partial charge in [0.05, 0.1) is 6.33 Å². The predicted molar refractivity (Wildman–Crippen MR) is 60.9 cm³/mol. The Hall–Kier alpha value is -1.83. The van der Waals surface area contributed by atoms with Gasteiger partial charge in [-0.3, -0.25) is 0 Å². The minimum Gasteiger partial charge on any atom is -0.306 e. The lowest BCUT2D eigenvalue weighted by molar-refractivity contribution is 1.05. The van der Waals surface area contributed by atoms with Crippen LogP contribution in [-0.4, -0.2) is 9.55 Å². The van der Waals surface area contributed by atoms with E-state index in [1.807, 2.05) is 17.1 Å². The van der Waals surface area contributed by atoms with Gasteiger partial charge in [0.15, 0.2) is 0 Å². The topological polar surface area (TPSA) is 17.8 Å². The lowest BCUT2D eigenvalue weighted by Crippen LogP contribution is -1.92. The van der Waals surface area contributed by atoms with Crippen molar-refractivity contribution in [1.82, 2.24) is 9.55 Å². The van der Waals surface area contributed by atoms with Crippen LogP contribution in [0.2, 0.25) is 0 Å². The Labute approximate surface area is 88.9 Å². The quantitative estimate of drug-likeness (QED) is 0.685. The molecule has 3 rings (SSSR count). The van der Waals surface area contributed by atoms with Crippen LogP contribution in [0.25, 0.3) is 11.8 Å². The molecule has 0 spiro atoms. The Morgan fingerprint density at radius 2 is 2.27 bits per heavy atom. The Morgan fingerprint density at radius 1 is 1.33 bits per heavy atom. The maximum Gasteiger partial charge on any atom is 0.0991 e. The van der Waals surface area contributed by atoms with Crippen LogP contribution in [0.15, 0.2) is 42.5 Å². The normalized spacial score (nSPS) is 13.8. The maximum absolute atomic E-state index is 4.06. The van der Waals surface area contributed by atoms with Crippen molar-refractivity contribution in [2.24, 2.45) is 0 Å². The van der Waals surface area contributed by atoms with Gasteiger partial charge in [0.2, 0.25) is 0 Å². The summed E-state index contributed by atoms with van der Waals surface area (Å²) in [6.07, 6.45) is 8.94. The Bertz CT molecular complexity index is 521. The van der Waals surface area contributed by atoms with Crippen molar-refractivity contribution in [3.8, 4) is 5.69 Å². The molecule has 2 aromatic rings. The molecule has 0 bridgehead atoms. The number of aromatic nitrogens is 2. The fourth-order valence-corrected chi connectivity index (χ4v) is 2.08. The molecule has 0 amide bonds. The van der Waals surface area contributed by atoms with Crippen LogP contribution in [0.4, 0.5) is 0 Å². The molecule has 0 N–H and O–H groups in total. The summed E-state index contributed by atoms with van der Waals surface area (Å²) in [5.41, 5.74) is 5.40. The van der Waals surface area contributed by atoms with Gasteiger partial charge >= 0.3 is 0 Å². The number of imidazole rings is 1. The smallest absolute Gasteiger partial charge is 0.0991 e. The second-order valence-corrected chi connectivity index (χ2v) is 4.02. The molecule has 0 saturated carbocycles. The highest BCUT2D eigenvalue weighted by molar-refractivity contribution is 5.65. The minimum absolute atomic E-state index is 1.08. The molecule has 1 aromatic carbocycles. The van der Waals surface area contributed by atoms with Crippen molar-refractivity contribution in [3.63, 3.8) is 0 Å². The average Bonchev–Trinajstić information content (AvgIpc) is 2.82. The third kappa shape index (κ3) is 1.38. The van der Waals surface area contributed by atoms with Crippen LogP contribution >= 0.6 is 0 Å². The van der Waals surface area contributed by atoms with E-state index in [9.17, 15) is 0 Å². The standard InChI is InChI=1S/C13H12N2/c1-10-6-11-2-3-13(8-12(11)7-10)15-5-4-14-9-15/h2-6,8-9H,7H2,1H3. The molecule has 15 heavy (non-hydrogen) atoms. The summed E-state index contributed by atoms with van der Waals surface area (Å²) in [6.45, 7) is 2.18. The molecule has 2 heteroatoms. The third-order valence-corrected chi connectivity index (χ3v) is 2.80. The van der Waals surface area contributed by atoms with Gasteiger partial charge in [0.1, 0.15) is 0 Å². The monoisotopic (exact) mass is 196 g/mol. The van der Waals surface area contributed by atoms with Crippen molar-refractivity contribution in [2.45, 2.75) is 13.3 Å². The Balaban J connectivity index is 2.07. The van der Waals surface area contributed by atoms with Crippen molar-refractivity contribution < 1.29 is 0 Å². The molecule has 1 heterocycles. The van der Waals surface area contributed by atoms with Crippen LogP contribution in [0, 0.1) is 0 Å². The third-order valence-electron chi connectivity index (χ3n) is 2.80. The van der Waals surface area contributed by atoms with E-state index in [4.69, 9.17) is 0 Å². The first-order valence-electron chi connectivity index (χ1n) is 5.11. The second kappa shape index (κ2) is 3.09. The highest BCUT2D eigenvalue weighted by Gasteiger charge is 2.10. The van der Waals surface area contributed by atoms with E-state index < -0.39 is 0 Å². The number of allylic oxidation sites excluding steroid dienone is 1. The molecular weight excluding hydrogens is 184 g/mol. The van der Waals surface area contributed by atoms with E-state index in [0.29, 0.717) is 0 Å². The summed E-state index contributed by atoms with van der Waals surface area (Å²) >= 11 is 0. The van der Waals surface area contributed by atoms with Crippen molar-refractivity contribution in [2.75, 3.05) is 0 Å². The lowest BCUT2D eigenvalue weighted by atomic mass is 10.1. The molecule has 1 aliphatic carbocycles. The average molecular weight is 196 g/mol. The fourth-order valence-electron chi connectivity index (χ4n) is 2.08. The zero-order valence-corrected chi connectivity index (χ0v) is 8.64. The molecule has 0 unspecified atom stereocenters. The van der Waals surface area contributed by atoms with Crippen LogP contribution in [-0.2, 0) is 6.42 Å². The molecular formula is C13H12N2. The van der Waals surface area contributed by atoms with Gasteiger partial charge in [-0.2, -0.15) is 0 Å². The number of hydrogen-bond acceptors (Lipinski definition) is 1.